The molecule has 2 nitrogen and oxygen atoms in total. The summed E-state index contributed by atoms with van der Waals surface area (Å²) in [6.45, 7) is 1.80. The maximum absolute atomic E-state index is 13.4. The molecule has 1 atom stereocenters. The molecular weight excluding hydrogens is 217 g/mol. The molecule has 84 valence electrons. The van der Waals surface area contributed by atoms with Gasteiger partial charge in [-0.25, -0.2) is 4.39 Å². The minimum atomic E-state index is -0.175. The fourth-order valence-electron chi connectivity index (χ4n) is 1.91. The van der Waals surface area contributed by atoms with E-state index in [0.29, 0.717) is 11.6 Å². The van der Waals surface area contributed by atoms with Crippen molar-refractivity contribution in [3.63, 3.8) is 0 Å². The number of aliphatic hydroxyl groups is 1. The fourth-order valence-corrected chi connectivity index (χ4v) is 1.91. The van der Waals surface area contributed by atoms with Crippen LogP contribution < -0.4 is 4.90 Å². The van der Waals surface area contributed by atoms with Crippen molar-refractivity contribution in [1.82, 2.24) is 0 Å². The number of hydrogen-bond donors (Lipinski definition) is 1. The molecule has 0 bridgehead atoms. The topological polar surface area (TPSA) is 23.5 Å². The molecule has 0 aliphatic carbocycles. The van der Waals surface area contributed by atoms with Gasteiger partial charge in [0.1, 0.15) is 5.82 Å². The molecule has 1 unspecified atom stereocenters. The van der Waals surface area contributed by atoms with Gasteiger partial charge < -0.3 is 10.0 Å². The lowest BCUT2D eigenvalue weighted by Crippen LogP contribution is -2.21. The van der Waals surface area contributed by atoms with Crippen molar-refractivity contribution in [3.05, 3.63) is 30.1 Å². The summed E-state index contributed by atoms with van der Waals surface area (Å²) in [6.07, 6.45) is 0.949. The quantitative estimate of drug-likeness (QED) is 0.843. The van der Waals surface area contributed by atoms with Crippen LogP contribution in [-0.2, 0) is 0 Å². The predicted molar refractivity (Wildman–Crippen MR) is 61.1 cm³/mol. The Morgan fingerprint density at radius 2 is 2.13 bits per heavy atom. The van der Waals surface area contributed by atoms with Crippen molar-refractivity contribution in [2.75, 3.05) is 24.6 Å². The monoisotopic (exact) mass is 231 g/mol. The highest BCUT2D eigenvalue weighted by atomic mass is 35.5. The molecule has 4 heteroatoms. The number of aliphatic hydroxyl groups excluding tert-OH is 1. The second-order valence-corrected chi connectivity index (χ2v) is 3.73. The Morgan fingerprint density at radius 1 is 1.40 bits per heavy atom. The van der Waals surface area contributed by atoms with E-state index in [9.17, 15) is 4.39 Å². The lowest BCUT2D eigenvalue weighted by molar-refractivity contribution is 0.238. The van der Waals surface area contributed by atoms with Gasteiger partial charge in [-0.2, -0.15) is 0 Å². The van der Waals surface area contributed by atoms with Crippen molar-refractivity contribution < 1.29 is 9.50 Å². The van der Waals surface area contributed by atoms with Gasteiger partial charge in [0.05, 0.1) is 5.69 Å². The summed E-state index contributed by atoms with van der Waals surface area (Å²) in [5.74, 6) is 0.126. The molecule has 0 amide bonds. The smallest absolute Gasteiger partial charge is 0.146 e. The van der Waals surface area contributed by atoms with E-state index in [1.807, 2.05) is 11.0 Å². The van der Waals surface area contributed by atoms with Gasteiger partial charge in [0.25, 0.3) is 0 Å². The number of para-hydroxylation sites is 1. The normalized spacial score (nSPS) is 20.1. The lowest BCUT2D eigenvalue weighted by Gasteiger charge is -2.18. The third-order valence-electron chi connectivity index (χ3n) is 2.74. The Balaban J connectivity index is 0.00000112. The summed E-state index contributed by atoms with van der Waals surface area (Å²) in [4.78, 5) is 2.00. The van der Waals surface area contributed by atoms with Crippen LogP contribution in [0.3, 0.4) is 0 Å². The molecule has 1 aromatic rings. The second kappa shape index (κ2) is 5.33. The molecule has 1 aliphatic rings. The van der Waals surface area contributed by atoms with Gasteiger partial charge in [-0.15, -0.1) is 12.4 Å². The van der Waals surface area contributed by atoms with Gasteiger partial charge >= 0.3 is 0 Å². The predicted octanol–water partition coefficient (Wildman–Crippen LogP) is 2.07. The molecule has 1 heterocycles. The number of halogens is 2. The molecule has 1 saturated heterocycles. The van der Waals surface area contributed by atoms with Crippen molar-refractivity contribution in [2.45, 2.75) is 6.42 Å². The van der Waals surface area contributed by atoms with Crippen LogP contribution in [0.4, 0.5) is 10.1 Å². The lowest BCUT2D eigenvalue weighted by atomic mass is 10.1. The van der Waals surface area contributed by atoms with Crippen LogP contribution in [0, 0.1) is 11.7 Å². The van der Waals surface area contributed by atoms with E-state index in [1.165, 1.54) is 6.07 Å². The SMILES string of the molecule is Cl.OCC1CCN(c2ccccc2F)C1. The van der Waals surface area contributed by atoms with Gasteiger partial charge in [-0.3, -0.25) is 0 Å². The first-order valence-electron chi connectivity index (χ1n) is 4.91. The van der Waals surface area contributed by atoms with Crippen LogP contribution >= 0.6 is 12.4 Å². The minimum Gasteiger partial charge on any atom is -0.396 e. The highest BCUT2D eigenvalue weighted by molar-refractivity contribution is 5.85. The molecule has 0 radical (unpaired) electrons. The Hall–Kier alpha value is -0.800. The molecule has 0 spiro atoms. The zero-order valence-corrected chi connectivity index (χ0v) is 9.21. The maximum Gasteiger partial charge on any atom is 0.146 e. The van der Waals surface area contributed by atoms with Gasteiger partial charge in [0.2, 0.25) is 0 Å². The van der Waals surface area contributed by atoms with E-state index < -0.39 is 0 Å². The molecule has 1 fully saturated rings. The third-order valence-corrected chi connectivity index (χ3v) is 2.74. The molecule has 0 aromatic heterocycles. The average molecular weight is 232 g/mol. The molecule has 1 aliphatic heterocycles. The summed E-state index contributed by atoms with van der Waals surface area (Å²) in [7, 11) is 0. The summed E-state index contributed by atoms with van der Waals surface area (Å²) in [5.41, 5.74) is 0.656. The summed E-state index contributed by atoms with van der Waals surface area (Å²) in [6, 6.07) is 6.79. The standard InChI is InChI=1S/C11H14FNO.ClH/c12-10-3-1-2-4-11(10)13-6-5-9(7-13)8-14;/h1-4,9,14H,5-8H2;1H. The van der Waals surface area contributed by atoms with Crippen LogP contribution in [-0.4, -0.2) is 24.8 Å². The number of benzene rings is 1. The molecule has 0 saturated carbocycles. The number of anilines is 1. The first-order valence-corrected chi connectivity index (χ1v) is 4.91. The van der Waals surface area contributed by atoms with Crippen LogP contribution in [0.2, 0.25) is 0 Å². The van der Waals surface area contributed by atoms with Gasteiger partial charge in [-0.1, -0.05) is 12.1 Å². The van der Waals surface area contributed by atoms with Crippen LogP contribution in [0.25, 0.3) is 0 Å². The van der Waals surface area contributed by atoms with E-state index in [4.69, 9.17) is 5.11 Å². The zero-order valence-electron chi connectivity index (χ0n) is 8.40. The Bertz CT molecular complexity index is 321. The molecule has 1 aromatic carbocycles. The third kappa shape index (κ3) is 2.61. The van der Waals surface area contributed by atoms with Crippen LogP contribution in [0.5, 0.6) is 0 Å². The van der Waals surface area contributed by atoms with E-state index in [1.54, 1.807) is 12.1 Å². The molecule has 1 N–H and O–H groups in total. The highest BCUT2D eigenvalue weighted by Crippen LogP contribution is 2.25. The Kier molecular flexibility index (Phi) is 4.36. The Morgan fingerprint density at radius 3 is 2.73 bits per heavy atom. The number of rotatable bonds is 2. The molecule has 15 heavy (non-hydrogen) atoms. The summed E-state index contributed by atoms with van der Waals surface area (Å²) >= 11 is 0. The highest BCUT2D eigenvalue weighted by Gasteiger charge is 2.23. The largest absolute Gasteiger partial charge is 0.396 e. The first-order chi connectivity index (χ1) is 6.81. The summed E-state index contributed by atoms with van der Waals surface area (Å²) < 4.78 is 13.4. The van der Waals surface area contributed by atoms with Crippen LogP contribution in [0.15, 0.2) is 24.3 Å². The zero-order chi connectivity index (χ0) is 9.97. The van der Waals surface area contributed by atoms with Gasteiger partial charge in [0.15, 0.2) is 0 Å². The Labute approximate surface area is 95.1 Å². The first kappa shape index (κ1) is 12.3. The van der Waals surface area contributed by atoms with E-state index in [2.05, 4.69) is 0 Å². The summed E-state index contributed by atoms with van der Waals surface area (Å²) in [5, 5.41) is 8.98. The average Bonchev–Trinajstić information content (AvgIpc) is 2.67. The molecule has 2 rings (SSSR count). The van der Waals surface area contributed by atoms with Crippen molar-refractivity contribution >= 4 is 18.1 Å². The minimum absolute atomic E-state index is 0. The number of nitrogens with zero attached hydrogens (tertiary/aromatic N) is 1. The van der Waals surface area contributed by atoms with E-state index in [0.717, 1.165) is 19.5 Å². The molecular formula is C11H15ClFNO. The van der Waals surface area contributed by atoms with Gasteiger partial charge in [0, 0.05) is 25.6 Å². The number of hydrogen-bond acceptors (Lipinski definition) is 2. The van der Waals surface area contributed by atoms with E-state index in [-0.39, 0.29) is 24.8 Å². The van der Waals surface area contributed by atoms with E-state index >= 15 is 0 Å². The maximum atomic E-state index is 13.4. The fraction of sp³-hybridized carbons (Fsp3) is 0.455. The second-order valence-electron chi connectivity index (χ2n) is 3.73. The van der Waals surface area contributed by atoms with Crippen LogP contribution in [0.1, 0.15) is 6.42 Å². The van der Waals surface area contributed by atoms with Gasteiger partial charge in [-0.05, 0) is 18.6 Å². The van der Waals surface area contributed by atoms with Crippen molar-refractivity contribution in [1.29, 1.82) is 0 Å². The van der Waals surface area contributed by atoms with Crippen molar-refractivity contribution in [2.24, 2.45) is 5.92 Å². The van der Waals surface area contributed by atoms with Crippen molar-refractivity contribution in [3.8, 4) is 0 Å².